The molecule has 3 rings (SSSR count). The molecule has 23 heavy (non-hydrogen) atoms. The van der Waals surface area contributed by atoms with Gasteiger partial charge >= 0.3 is 0 Å². The summed E-state index contributed by atoms with van der Waals surface area (Å²) in [5, 5.41) is 0. The van der Waals surface area contributed by atoms with Gasteiger partial charge in [0.15, 0.2) is 5.78 Å². The van der Waals surface area contributed by atoms with Crippen molar-refractivity contribution in [3.8, 4) is 0 Å². The van der Waals surface area contributed by atoms with E-state index in [9.17, 15) is 14.0 Å². The number of aromatic nitrogens is 1. The van der Waals surface area contributed by atoms with E-state index in [1.54, 1.807) is 41.6 Å². The number of nitrogens with zero attached hydrogens (tertiary/aromatic N) is 2. The average molecular weight is 312 g/mol. The highest BCUT2D eigenvalue weighted by atomic mass is 19.1. The summed E-state index contributed by atoms with van der Waals surface area (Å²) in [6.45, 7) is 0.924. The number of ketones is 1. The fourth-order valence-corrected chi connectivity index (χ4v) is 2.89. The van der Waals surface area contributed by atoms with Crippen LogP contribution < -0.4 is 0 Å². The minimum atomic E-state index is -0.508. The molecule has 2 heterocycles. The first kappa shape index (κ1) is 15.3. The van der Waals surface area contributed by atoms with Crippen molar-refractivity contribution >= 4 is 11.7 Å². The molecule has 0 radical (unpaired) electrons. The lowest BCUT2D eigenvalue weighted by atomic mass is 9.89. The standard InChI is InChI=1S/C18H17FN2O2/c19-16-6-2-1-5-15(16)18(23)21-10-7-13(8-11-21)17(22)14-4-3-9-20-12-14/h1-6,9,12-13H,7-8,10-11H2. The summed E-state index contributed by atoms with van der Waals surface area (Å²) in [6, 6.07) is 9.48. The van der Waals surface area contributed by atoms with Gasteiger partial charge in [-0.15, -0.1) is 0 Å². The maximum Gasteiger partial charge on any atom is 0.256 e. The molecule has 0 aliphatic carbocycles. The number of piperidine rings is 1. The quantitative estimate of drug-likeness (QED) is 0.819. The van der Waals surface area contributed by atoms with Gasteiger partial charge in [0.25, 0.3) is 5.91 Å². The van der Waals surface area contributed by atoms with Gasteiger partial charge in [0, 0.05) is 37.0 Å². The van der Waals surface area contributed by atoms with E-state index in [0.717, 1.165) is 0 Å². The van der Waals surface area contributed by atoms with Crippen molar-refractivity contribution in [1.82, 2.24) is 9.88 Å². The number of benzene rings is 1. The summed E-state index contributed by atoms with van der Waals surface area (Å²) in [5.74, 6) is -0.860. The van der Waals surface area contributed by atoms with E-state index in [-0.39, 0.29) is 23.2 Å². The van der Waals surface area contributed by atoms with E-state index in [1.165, 1.54) is 12.1 Å². The number of hydrogen-bond donors (Lipinski definition) is 0. The van der Waals surface area contributed by atoms with Crippen molar-refractivity contribution in [2.75, 3.05) is 13.1 Å². The Bertz CT molecular complexity index is 710. The van der Waals surface area contributed by atoms with Crippen molar-refractivity contribution in [1.29, 1.82) is 0 Å². The van der Waals surface area contributed by atoms with Gasteiger partial charge < -0.3 is 4.90 Å². The molecule has 0 N–H and O–H groups in total. The summed E-state index contributed by atoms with van der Waals surface area (Å²) >= 11 is 0. The molecule has 0 saturated carbocycles. The minimum absolute atomic E-state index is 0.0658. The molecule has 1 fully saturated rings. The zero-order valence-electron chi connectivity index (χ0n) is 12.6. The third kappa shape index (κ3) is 3.28. The van der Waals surface area contributed by atoms with Crippen LogP contribution >= 0.6 is 0 Å². The fraction of sp³-hybridized carbons (Fsp3) is 0.278. The SMILES string of the molecule is O=C(c1cccnc1)C1CCN(C(=O)c2ccccc2F)CC1. The Morgan fingerprint density at radius 3 is 2.48 bits per heavy atom. The smallest absolute Gasteiger partial charge is 0.256 e. The molecule has 0 unspecified atom stereocenters. The Hall–Kier alpha value is -2.56. The van der Waals surface area contributed by atoms with E-state index < -0.39 is 5.82 Å². The summed E-state index contributed by atoms with van der Waals surface area (Å²) in [4.78, 5) is 30.3. The molecule has 1 aromatic heterocycles. The molecule has 2 aromatic rings. The van der Waals surface area contributed by atoms with Gasteiger partial charge in [-0.3, -0.25) is 14.6 Å². The molecule has 1 aliphatic heterocycles. The molecular weight excluding hydrogens is 295 g/mol. The summed E-state index contributed by atoms with van der Waals surface area (Å²) in [7, 11) is 0. The highest BCUT2D eigenvalue weighted by molar-refractivity contribution is 5.98. The Balaban J connectivity index is 1.64. The Kier molecular flexibility index (Phi) is 4.46. The minimum Gasteiger partial charge on any atom is -0.339 e. The van der Waals surface area contributed by atoms with Crippen LogP contribution in [-0.2, 0) is 0 Å². The van der Waals surface area contributed by atoms with E-state index in [0.29, 0.717) is 31.5 Å². The molecule has 5 heteroatoms. The van der Waals surface area contributed by atoms with Crippen LogP contribution in [0.2, 0.25) is 0 Å². The lowest BCUT2D eigenvalue weighted by molar-refractivity contribution is 0.0646. The number of likely N-dealkylation sites (tertiary alicyclic amines) is 1. The summed E-state index contributed by atoms with van der Waals surface area (Å²) in [5.41, 5.74) is 0.691. The lowest BCUT2D eigenvalue weighted by Gasteiger charge is -2.31. The molecule has 1 aromatic carbocycles. The first-order chi connectivity index (χ1) is 11.2. The van der Waals surface area contributed by atoms with Crippen molar-refractivity contribution in [2.24, 2.45) is 5.92 Å². The van der Waals surface area contributed by atoms with Crippen LogP contribution in [0.25, 0.3) is 0 Å². The molecule has 1 amide bonds. The molecular formula is C18H17FN2O2. The number of Topliss-reactive ketones (excluding diaryl/α,β-unsaturated/α-hetero) is 1. The Morgan fingerprint density at radius 1 is 1.09 bits per heavy atom. The van der Waals surface area contributed by atoms with Crippen LogP contribution in [0, 0.1) is 11.7 Å². The fourth-order valence-electron chi connectivity index (χ4n) is 2.89. The van der Waals surface area contributed by atoms with Gasteiger partial charge in [-0.25, -0.2) is 4.39 Å². The second kappa shape index (κ2) is 6.69. The average Bonchev–Trinajstić information content (AvgIpc) is 2.62. The first-order valence-electron chi connectivity index (χ1n) is 7.65. The molecule has 1 aliphatic rings. The van der Waals surface area contributed by atoms with E-state index in [2.05, 4.69) is 4.98 Å². The summed E-state index contributed by atoms with van der Waals surface area (Å²) < 4.78 is 13.7. The molecule has 0 bridgehead atoms. The second-order valence-corrected chi connectivity index (χ2v) is 5.65. The normalized spacial score (nSPS) is 15.4. The van der Waals surface area contributed by atoms with Crippen molar-refractivity contribution < 1.29 is 14.0 Å². The molecule has 4 nitrogen and oxygen atoms in total. The van der Waals surface area contributed by atoms with Crippen LogP contribution in [0.5, 0.6) is 0 Å². The maximum absolute atomic E-state index is 13.7. The number of carbonyl (C=O) groups excluding carboxylic acids is 2. The third-order valence-electron chi connectivity index (χ3n) is 4.20. The predicted octanol–water partition coefficient (Wildman–Crippen LogP) is 2.96. The van der Waals surface area contributed by atoms with Crippen molar-refractivity contribution in [3.63, 3.8) is 0 Å². The Morgan fingerprint density at radius 2 is 1.83 bits per heavy atom. The first-order valence-corrected chi connectivity index (χ1v) is 7.65. The molecule has 1 saturated heterocycles. The third-order valence-corrected chi connectivity index (χ3v) is 4.20. The van der Waals surface area contributed by atoms with Crippen molar-refractivity contribution in [2.45, 2.75) is 12.8 Å². The highest BCUT2D eigenvalue weighted by Crippen LogP contribution is 2.23. The van der Waals surface area contributed by atoms with Crippen molar-refractivity contribution in [3.05, 3.63) is 65.7 Å². The summed E-state index contributed by atoms with van der Waals surface area (Å²) in [6.07, 6.45) is 4.38. The molecule has 118 valence electrons. The largest absolute Gasteiger partial charge is 0.339 e. The van der Waals surface area contributed by atoms with Gasteiger partial charge in [0.2, 0.25) is 0 Å². The van der Waals surface area contributed by atoms with Gasteiger partial charge in [0.05, 0.1) is 5.56 Å². The maximum atomic E-state index is 13.7. The van der Waals surface area contributed by atoms with Crippen LogP contribution in [0.3, 0.4) is 0 Å². The lowest BCUT2D eigenvalue weighted by Crippen LogP contribution is -2.40. The van der Waals surface area contributed by atoms with Gasteiger partial charge in [-0.2, -0.15) is 0 Å². The zero-order chi connectivity index (χ0) is 16.2. The number of halogens is 1. The number of pyridine rings is 1. The van der Waals surface area contributed by atoms with Gasteiger partial charge in [-0.1, -0.05) is 12.1 Å². The second-order valence-electron chi connectivity index (χ2n) is 5.65. The number of rotatable bonds is 3. The number of hydrogen-bond acceptors (Lipinski definition) is 3. The van der Waals surface area contributed by atoms with Crippen LogP contribution in [0.4, 0.5) is 4.39 Å². The van der Waals surface area contributed by atoms with E-state index >= 15 is 0 Å². The monoisotopic (exact) mass is 312 g/mol. The van der Waals surface area contributed by atoms with Crippen LogP contribution in [0.1, 0.15) is 33.6 Å². The molecule has 0 spiro atoms. The van der Waals surface area contributed by atoms with Gasteiger partial charge in [0.1, 0.15) is 5.82 Å². The van der Waals surface area contributed by atoms with Crippen LogP contribution in [0.15, 0.2) is 48.8 Å². The Labute approximate surface area is 134 Å². The van der Waals surface area contributed by atoms with Gasteiger partial charge in [-0.05, 0) is 37.1 Å². The van der Waals surface area contributed by atoms with E-state index in [4.69, 9.17) is 0 Å². The number of amides is 1. The topological polar surface area (TPSA) is 50.3 Å². The highest BCUT2D eigenvalue weighted by Gasteiger charge is 2.29. The predicted molar refractivity (Wildman–Crippen MR) is 83.6 cm³/mol. The van der Waals surface area contributed by atoms with Crippen LogP contribution in [-0.4, -0.2) is 34.7 Å². The molecule has 0 atom stereocenters. The zero-order valence-corrected chi connectivity index (χ0v) is 12.6. The van der Waals surface area contributed by atoms with E-state index in [1.807, 2.05) is 0 Å². The number of carbonyl (C=O) groups is 2.